The Labute approximate surface area is 272 Å². The molecule has 3 aliphatic heterocycles. The number of alkyl halides is 1. The van der Waals surface area contributed by atoms with E-state index >= 15 is 4.39 Å². The quantitative estimate of drug-likeness (QED) is 0.255. The maximum atomic E-state index is 16.7. The number of phenols is 1. The number of nitrogens with zero attached hydrogens (tertiary/aromatic N) is 5. The number of amides is 1. The first kappa shape index (κ1) is 31.3. The Morgan fingerprint density at radius 2 is 1.96 bits per heavy atom. The molecule has 2 aromatic heterocycles. The van der Waals surface area contributed by atoms with Crippen molar-refractivity contribution in [1.29, 1.82) is 0 Å². The summed E-state index contributed by atoms with van der Waals surface area (Å²) in [4.78, 5) is 30.6. The van der Waals surface area contributed by atoms with E-state index in [-0.39, 0.29) is 35.6 Å². The molecule has 47 heavy (non-hydrogen) atoms. The zero-order valence-electron chi connectivity index (χ0n) is 26.9. The van der Waals surface area contributed by atoms with Crippen molar-refractivity contribution in [2.24, 2.45) is 0 Å². The van der Waals surface area contributed by atoms with Crippen LogP contribution in [0.25, 0.3) is 32.9 Å². The molecule has 0 spiro atoms. The molecule has 3 saturated heterocycles. The third-order valence-electron chi connectivity index (χ3n) is 9.42. The normalized spacial score (nSPS) is 23.3. The summed E-state index contributed by atoms with van der Waals surface area (Å²) < 4.78 is 42.9. The van der Waals surface area contributed by atoms with Gasteiger partial charge in [0.1, 0.15) is 41.2 Å². The van der Waals surface area contributed by atoms with Gasteiger partial charge in [0.15, 0.2) is 5.82 Å². The van der Waals surface area contributed by atoms with Crippen LogP contribution in [0.15, 0.2) is 42.6 Å². The number of hydrogen-bond acceptors (Lipinski definition) is 9. The van der Waals surface area contributed by atoms with Gasteiger partial charge in [0.2, 0.25) is 0 Å². The van der Waals surface area contributed by atoms with Crippen molar-refractivity contribution in [3.05, 3.63) is 48.4 Å². The lowest BCUT2D eigenvalue weighted by Gasteiger charge is -2.35. The highest BCUT2D eigenvalue weighted by Crippen LogP contribution is 2.41. The predicted octanol–water partition coefficient (Wildman–Crippen LogP) is 6.14. The van der Waals surface area contributed by atoms with Crippen molar-refractivity contribution in [2.75, 3.05) is 37.7 Å². The molecular formula is C35H40F2N6O4. The number of rotatable bonds is 6. The largest absolute Gasteiger partial charge is 0.508 e. The first-order chi connectivity index (χ1) is 22.5. The zero-order chi connectivity index (χ0) is 32.9. The van der Waals surface area contributed by atoms with E-state index in [2.05, 4.69) is 20.2 Å². The average molecular weight is 647 g/mol. The van der Waals surface area contributed by atoms with Crippen molar-refractivity contribution < 1.29 is 28.2 Å². The Morgan fingerprint density at radius 1 is 1.13 bits per heavy atom. The first-order valence-corrected chi connectivity index (χ1v) is 16.3. The molecule has 0 unspecified atom stereocenters. The third kappa shape index (κ3) is 6.22. The Morgan fingerprint density at radius 3 is 2.79 bits per heavy atom. The van der Waals surface area contributed by atoms with Crippen molar-refractivity contribution in [1.82, 2.24) is 25.2 Å². The average Bonchev–Trinajstić information content (AvgIpc) is 3.54. The van der Waals surface area contributed by atoms with Crippen LogP contribution in [-0.4, -0.2) is 87.2 Å². The summed E-state index contributed by atoms with van der Waals surface area (Å²) in [5, 5.41) is 15.3. The number of carbonyl (C=O) groups is 1. The van der Waals surface area contributed by atoms with E-state index in [4.69, 9.17) is 14.5 Å². The standard InChI is InChI=1S/C35H40F2N6O4/c1-34(2,3)47-33(45)39-23-9-6-12-42(19-23)31-27-17-38-29(26-15-24(44)14-21-8-4-5-10-25(21)26)28(37)30(27)40-32(41-31)46-20-35-11-7-13-43(35)18-22(36)16-35/h4-5,8,10,14-15,17,22-23,44H,6-7,9,11-13,16,18-20H2,1-3H3,(H,39,45)/t22-,23+,35+/m1/s1. The molecule has 12 heteroatoms. The number of phenolic OH excluding ortho intramolecular Hbond substituents is 1. The molecule has 0 aliphatic carbocycles. The molecule has 10 nitrogen and oxygen atoms in total. The van der Waals surface area contributed by atoms with E-state index in [1.54, 1.807) is 12.3 Å². The van der Waals surface area contributed by atoms with Crippen LogP contribution in [0.5, 0.6) is 11.8 Å². The van der Waals surface area contributed by atoms with Gasteiger partial charge in [0.05, 0.1) is 10.9 Å². The molecule has 2 aromatic carbocycles. The molecule has 4 aromatic rings. The number of pyridine rings is 1. The maximum Gasteiger partial charge on any atom is 0.407 e. The molecule has 3 atom stereocenters. The van der Waals surface area contributed by atoms with Crippen LogP contribution < -0.4 is 15.0 Å². The van der Waals surface area contributed by atoms with Crippen LogP contribution >= 0.6 is 0 Å². The fraction of sp³-hybridized carbons (Fsp3) is 0.486. The SMILES string of the molecule is CC(C)(C)OC(=O)N[C@H]1CCCN(c2nc(OC[C@@]34CCCN3C[C@H](F)C4)nc3c(F)c(-c4cc(O)cc5ccccc45)ncc23)C1. The smallest absolute Gasteiger partial charge is 0.407 e. The van der Waals surface area contributed by atoms with E-state index < -0.39 is 29.2 Å². The van der Waals surface area contributed by atoms with Crippen molar-refractivity contribution in [2.45, 2.75) is 76.2 Å². The summed E-state index contributed by atoms with van der Waals surface area (Å²) in [6, 6.07) is 10.3. The number of piperidine rings is 1. The minimum atomic E-state index is -0.919. The van der Waals surface area contributed by atoms with Gasteiger partial charge in [0.25, 0.3) is 0 Å². The minimum Gasteiger partial charge on any atom is -0.508 e. The Bertz CT molecular complexity index is 1830. The molecule has 5 heterocycles. The number of nitrogens with one attached hydrogen (secondary N) is 1. The van der Waals surface area contributed by atoms with Gasteiger partial charge in [0, 0.05) is 43.9 Å². The minimum absolute atomic E-state index is 0.00456. The number of aromatic hydroxyl groups is 1. The molecule has 248 valence electrons. The van der Waals surface area contributed by atoms with Crippen LogP contribution in [0, 0.1) is 5.82 Å². The number of fused-ring (bicyclic) bond motifs is 3. The van der Waals surface area contributed by atoms with Gasteiger partial charge >= 0.3 is 12.1 Å². The summed E-state index contributed by atoms with van der Waals surface area (Å²) in [5.41, 5.74) is -0.568. The molecule has 0 saturated carbocycles. The first-order valence-electron chi connectivity index (χ1n) is 16.3. The fourth-order valence-electron chi connectivity index (χ4n) is 7.41. The number of aromatic nitrogens is 3. The predicted molar refractivity (Wildman–Crippen MR) is 175 cm³/mol. The van der Waals surface area contributed by atoms with Gasteiger partial charge in [-0.1, -0.05) is 24.3 Å². The van der Waals surface area contributed by atoms with Gasteiger partial charge in [-0.3, -0.25) is 9.88 Å². The molecule has 0 bridgehead atoms. The Hall–Kier alpha value is -4.32. The molecule has 3 fully saturated rings. The summed E-state index contributed by atoms with van der Waals surface area (Å²) in [6.45, 7) is 7.85. The van der Waals surface area contributed by atoms with E-state index in [9.17, 15) is 14.3 Å². The van der Waals surface area contributed by atoms with Crippen LogP contribution in [0.4, 0.5) is 19.4 Å². The third-order valence-corrected chi connectivity index (χ3v) is 9.42. The number of hydrogen-bond donors (Lipinski definition) is 2. The van der Waals surface area contributed by atoms with Crippen LogP contribution in [0.1, 0.15) is 52.9 Å². The summed E-state index contributed by atoms with van der Waals surface area (Å²) in [6.07, 6.45) is 3.78. The highest BCUT2D eigenvalue weighted by Gasteiger charge is 2.49. The molecule has 7 rings (SSSR count). The second-order valence-corrected chi connectivity index (χ2v) is 14.0. The maximum absolute atomic E-state index is 16.7. The second-order valence-electron chi connectivity index (χ2n) is 14.0. The monoisotopic (exact) mass is 646 g/mol. The van der Waals surface area contributed by atoms with E-state index in [1.807, 2.05) is 49.9 Å². The summed E-state index contributed by atoms with van der Waals surface area (Å²) >= 11 is 0. The van der Waals surface area contributed by atoms with Gasteiger partial charge in [-0.05, 0) is 75.9 Å². The molecule has 1 amide bonds. The number of anilines is 1. The molecule has 0 radical (unpaired) electrons. The fourth-order valence-corrected chi connectivity index (χ4v) is 7.41. The summed E-state index contributed by atoms with van der Waals surface area (Å²) in [5.74, 6) is -0.236. The zero-order valence-corrected chi connectivity index (χ0v) is 26.9. The Balaban J connectivity index is 1.28. The number of benzene rings is 2. The van der Waals surface area contributed by atoms with Crippen molar-refractivity contribution in [3.8, 4) is 23.0 Å². The number of carbonyl (C=O) groups excluding carboxylic acids is 1. The van der Waals surface area contributed by atoms with Gasteiger partial charge < -0.3 is 24.8 Å². The van der Waals surface area contributed by atoms with Gasteiger partial charge in [-0.25, -0.2) is 13.6 Å². The van der Waals surface area contributed by atoms with Crippen LogP contribution in [0.2, 0.25) is 0 Å². The highest BCUT2D eigenvalue weighted by atomic mass is 19.1. The lowest BCUT2D eigenvalue weighted by molar-refractivity contribution is 0.0500. The van der Waals surface area contributed by atoms with Crippen LogP contribution in [-0.2, 0) is 4.74 Å². The van der Waals surface area contributed by atoms with Gasteiger partial charge in [-0.15, -0.1) is 0 Å². The molecule has 2 N–H and O–H groups in total. The summed E-state index contributed by atoms with van der Waals surface area (Å²) in [7, 11) is 0. The van der Waals surface area contributed by atoms with E-state index in [0.29, 0.717) is 42.8 Å². The molecule has 3 aliphatic rings. The molecular weight excluding hydrogens is 606 g/mol. The van der Waals surface area contributed by atoms with E-state index in [0.717, 1.165) is 43.0 Å². The lowest BCUT2D eigenvalue weighted by atomic mass is 9.95. The van der Waals surface area contributed by atoms with Gasteiger partial charge in [-0.2, -0.15) is 9.97 Å². The topological polar surface area (TPSA) is 113 Å². The highest BCUT2D eigenvalue weighted by molar-refractivity contribution is 5.99. The van der Waals surface area contributed by atoms with E-state index in [1.165, 1.54) is 6.07 Å². The lowest BCUT2D eigenvalue weighted by Crippen LogP contribution is -2.49. The van der Waals surface area contributed by atoms with Crippen LogP contribution in [0.3, 0.4) is 0 Å². The Kier molecular flexibility index (Phi) is 8.02. The number of ether oxygens (including phenoxy) is 2. The van der Waals surface area contributed by atoms with Crippen molar-refractivity contribution in [3.63, 3.8) is 0 Å². The number of halogens is 2. The van der Waals surface area contributed by atoms with Crippen molar-refractivity contribution >= 4 is 33.6 Å². The number of alkyl carbamates (subject to hydrolysis) is 1. The second kappa shape index (κ2) is 12.0.